The highest BCUT2D eigenvalue weighted by Crippen LogP contribution is 2.40. The average molecular weight is 793 g/mol. The van der Waals surface area contributed by atoms with Gasteiger partial charge >= 0.3 is 0 Å². The van der Waals surface area contributed by atoms with Crippen LogP contribution in [0.5, 0.6) is 23.0 Å². The first-order chi connectivity index (χ1) is 25.1. The van der Waals surface area contributed by atoms with Crippen LogP contribution in [-0.4, -0.2) is 18.8 Å². The zero-order chi connectivity index (χ0) is 37.1. The van der Waals surface area contributed by atoms with E-state index in [-0.39, 0.29) is 30.2 Å². The molecule has 0 radical (unpaired) electrons. The van der Waals surface area contributed by atoms with Crippen molar-refractivity contribution in [2.45, 2.75) is 19.1 Å². The van der Waals surface area contributed by atoms with Crippen molar-refractivity contribution in [2.24, 2.45) is 5.73 Å². The number of allylic oxidation sites excluding steroid dienone is 1. The van der Waals surface area contributed by atoms with Crippen molar-refractivity contribution < 1.29 is 18.9 Å². The van der Waals surface area contributed by atoms with Crippen LogP contribution in [0.4, 0.5) is 0 Å². The fourth-order valence-corrected chi connectivity index (χ4v) is 7.36. The van der Waals surface area contributed by atoms with Crippen molar-refractivity contribution in [3.8, 4) is 35.1 Å². The maximum Gasteiger partial charge on any atom is 0.274 e. The Morgan fingerprint density at radius 2 is 1.31 bits per heavy atom. The highest BCUT2D eigenvalue weighted by Gasteiger charge is 2.33. The van der Waals surface area contributed by atoms with Gasteiger partial charge in [-0.05, 0) is 76.9 Å². The van der Waals surface area contributed by atoms with Crippen molar-refractivity contribution in [3.05, 3.63) is 140 Å². The van der Waals surface area contributed by atoms with Gasteiger partial charge in [0.1, 0.15) is 23.7 Å². The number of ether oxygens (including phenoxy) is 4. The molecule has 4 aromatic carbocycles. The van der Waals surface area contributed by atoms with E-state index in [2.05, 4.69) is 12.1 Å². The predicted octanol–water partition coefficient (Wildman–Crippen LogP) is 7.65. The van der Waals surface area contributed by atoms with Gasteiger partial charge in [-0.1, -0.05) is 70.7 Å². The Morgan fingerprint density at radius 1 is 0.750 bits per heavy atom. The van der Waals surface area contributed by atoms with E-state index < -0.39 is 11.5 Å². The lowest BCUT2D eigenvalue weighted by Crippen LogP contribution is -2.38. The Hall–Kier alpha value is -5.07. The summed E-state index contributed by atoms with van der Waals surface area (Å²) in [6, 6.07) is 25.1. The van der Waals surface area contributed by atoms with Crippen molar-refractivity contribution in [1.82, 2.24) is 4.57 Å². The Labute approximate surface area is 322 Å². The van der Waals surface area contributed by atoms with E-state index in [1.807, 2.05) is 6.07 Å². The first kappa shape index (κ1) is 36.7. The molecule has 0 aliphatic carbocycles. The van der Waals surface area contributed by atoms with Gasteiger partial charge in [0, 0.05) is 0 Å². The van der Waals surface area contributed by atoms with Crippen LogP contribution in [0.15, 0.2) is 83.2 Å². The molecule has 1 atom stereocenters. The van der Waals surface area contributed by atoms with Crippen LogP contribution in [-0.2, 0) is 13.2 Å². The molecule has 1 unspecified atom stereocenters. The van der Waals surface area contributed by atoms with Gasteiger partial charge in [0.25, 0.3) is 5.56 Å². The van der Waals surface area contributed by atoms with E-state index >= 15 is 0 Å². The molecule has 0 bridgehead atoms. The minimum Gasteiger partial charge on any atom is -0.493 e. The third kappa shape index (κ3) is 7.31. The number of halogens is 4. The van der Waals surface area contributed by atoms with Gasteiger partial charge in [-0.2, -0.15) is 10.5 Å². The van der Waals surface area contributed by atoms with Gasteiger partial charge in [-0.25, -0.2) is 0 Å². The number of nitrogens with two attached hydrogens (primary N) is 1. The Kier molecular flexibility index (Phi) is 11.1. The second-order valence-corrected chi connectivity index (χ2v) is 14.0. The number of nitrogens with zero attached hydrogens (tertiary/aromatic N) is 3. The normalized spacial score (nSPS) is 14.0. The van der Waals surface area contributed by atoms with Crippen molar-refractivity contribution in [3.63, 3.8) is 0 Å². The monoisotopic (exact) mass is 790 g/mol. The number of nitriles is 2. The third-order valence-electron chi connectivity index (χ3n) is 8.15. The molecule has 1 aliphatic rings. The number of methoxy groups -OCH3 is 2. The zero-order valence-corrected chi connectivity index (χ0v) is 31.2. The topological polar surface area (TPSA) is 133 Å². The summed E-state index contributed by atoms with van der Waals surface area (Å²) < 4.78 is 25.0. The Morgan fingerprint density at radius 3 is 1.85 bits per heavy atom. The summed E-state index contributed by atoms with van der Waals surface area (Å²) in [5.41, 5.74) is 9.07. The first-order valence-corrected chi connectivity index (χ1v) is 17.7. The lowest BCUT2D eigenvalue weighted by atomic mass is 9.84. The van der Waals surface area contributed by atoms with E-state index in [4.69, 9.17) is 71.1 Å². The van der Waals surface area contributed by atoms with Gasteiger partial charge < -0.3 is 24.7 Å². The summed E-state index contributed by atoms with van der Waals surface area (Å²) in [4.78, 5) is 13.8. The summed E-state index contributed by atoms with van der Waals surface area (Å²) in [5, 5.41) is 22.4. The van der Waals surface area contributed by atoms with Crippen molar-refractivity contribution in [2.75, 3.05) is 14.2 Å². The van der Waals surface area contributed by atoms with Crippen LogP contribution in [0, 0.1) is 22.7 Å². The molecular weight excluding hydrogens is 766 g/mol. The molecule has 9 nitrogen and oxygen atoms in total. The molecule has 1 aromatic heterocycles. The molecule has 0 amide bonds. The molecule has 52 heavy (non-hydrogen) atoms. The summed E-state index contributed by atoms with van der Waals surface area (Å²) in [5.74, 6) is 0.767. The highest BCUT2D eigenvalue weighted by atomic mass is 35.5. The molecule has 2 heterocycles. The summed E-state index contributed by atoms with van der Waals surface area (Å²) in [6.45, 7) is 0.402. The Balaban J connectivity index is 1.34. The quantitative estimate of drug-likeness (QED) is 0.153. The lowest BCUT2D eigenvalue weighted by Gasteiger charge is -2.23. The molecule has 0 saturated carbocycles. The molecule has 6 rings (SSSR count). The van der Waals surface area contributed by atoms with Crippen LogP contribution >= 0.6 is 57.7 Å². The average Bonchev–Trinajstić information content (AvgIpc) is 3.47. The highest BCUT2D eigenvalue weighted by molar-refractivity contribution is 7.07. The second-order valence-electron chi connectivity index (χ2n) is 11.3. The standard InChI is InChI=1S/C38H26Cl4N4O5S/c1-48-32-13-20(5-9-30(32)50-18-21-3-7-26(39)28(41)11-21)14-34-37(47)46-36(45)24(16-43)35(25(17-44)38(46)52-34)23-6-10-31(33(15-23)49-2)51-19-22-4-8-27(40)29(42)12-22/h3-15,35H,18-19,45H2,1-2H3. The molecule has 14 heteroatoms. The number of hydrogen-bond donors (Lipinski definition) is 1. The largest absolute Gasteiger partial charge is 0.493 e. The van der Waals surface area contributed by atoms with Gasteiger partial charge in [-0.15, -0.1) is 11.3 Å². The van der Waals surface area contributed by atoms with Gasteiger partial charge in [-0.3, -0.25) is 9.36 Å². The van der Waals surface area contributed by atoms with Crippen LogP contribution in [0.3, 0.4) is 0 Å². The van der Waals surface area contributed by atoms with Crippen LogP contribution in [0.2, 0.25) is 20.1 Å². The number of benzene rings is 4. The number of fused-ring (bicyclic) bond motifs is 1. The fourth-order valence-electron chi connectivity index (χ4n) is 5.59. The summed E-state index contributed by atoms with van der Waals surface area (Å²) >= 11 is 25.4. The van der Waals surface area contributed by atoms with Gasteiger partial charge in [0.05, 0.1) is 68.0 Å². The van der Waals surface area contributed by atoms with Gasteiger partial charge in [0.15, 0.2) is 23.0 Å². The first-order valence-electron chi connectivity index (χ1n) is 15.3. The summed E-state index contributed by atoms with van der Waals surface area (Å²) in [7, 11) is 3.00. The van der Waals surface area contributed by atoms with Gasteiger partial charge in [0.2, 0.25) is 0 Å². The summed E-state index contributed by atoms with van der Waals surface area (Å²) in [6.07, 6.45) is 1.66. The number of aromatic nitrogens is 1. The maximum absolute atomic E-state index is 13.8. The second kappa shape index (κ2) is 15.7. The smallest absolute Gasteiger partial charge is 0.274 e. The fraction of sp³-hybridized carbons (Fsp3) is 0.132. The van der Waals surface area contributed by atoms with Crippen LogP contribution in [0.25, 0.3) is 17.5 Å². The van der Waals surface area contributed by atoms with Crippen molar-refractivity contribution in [1.29, 1.82) is 10.5 Å². The minimum absolute atomic E-state index is 0.0483. The van der Waals surface area contributed by atoms with E-state index in [0.717, 1.165) is 22.5 Å². The van der Waals surface area contributed by atoms with Crippen molar-refractivity contribution >= 4 is 75.2 Å². The molecule has 2 N–H and O–H groups in total. The molecular formula is C38H26Cl4N4O5S. The number of hydrogen-bond acceptors (Lipinski definition) is 9. The van der Waals surface area contributed by atoms with E-state index in [0.29, 0.717) is 63.4 Å². The minimum atomic E-state index is -0.869. The van der Waals surface area contributed by atoms with E-state index in [1.165, 1.54) is 18.8 Å². The molecule has 5 aromatic rings. The Bertz CT molecular complexity index is 2530. The SMILES string of the molecule is COc1cc(C=c2sc3n(c2=O)C(N)=C(C#N)C(c2ccc(OCc4ccc(Cl)c(Cl)c4)c(OC)c2)C=3C#N)ccc1OCc1ccc(Cl)c(Cl)c1. The van der Waals surface area contributed by atoms with E-state index in [9.17, 15) is 15.3 Å². The third-order valence-corrected chi connectivity index (χ3v) is 10.7. The lowest BCUT2D eigenvalue weighted by molar-refractivity contribution is 0.284. The molecule has 1 aliphatic heterocycles. The number of thiazole rings is 1. The molecule has 262 valence electrons. The zero-order valence-electron chi connectivity index (χ0n) is 27.4. The molecule has 0 spiro atoms. The maximum atomic E-state index is 13.8. The van der Waals surface area contributed by atoms with E-state index in [1.54, 1.807) is 72.8 Å². The number of rotatable bonds is 10. The van der Waals surface area contributed by atoms with Crippen LogP contribution in [0.1, 0.15) is 28.2 Å². The van der Waals surface area contributed by atoms with Crippen LogP contribution < -0.4 is 39.4 Å². The predicted molar refractivity (Wildman–Crippen MR) is 204 cm³/mol. The molecule has 0 fully saturated rings. The molecule has 0 saturated heterocycles.